The Balaban J connectivity index is 0.965. The van der Waals surface area contributed by atoms with Crippen molar-refractivity contribution in [1.82, 2.24) is 35.4 Å². The van der Waals surface area contributed by atoms with Gasteiger partial charge in [0.25, 0.3) is 0 Å². The van der Waals surface area contributed by atoms with Gasteiger partial charge in [0.05, 0.1) is 54.2 Å². The molecule has 14 heteroatoms. The fourth-order valence-electron chi connectivity index (χ4n) is 8.86. The number of aliphatic imine (C=N–C) groups is 1. The summed E-state index contributed by atoms with van der Waals surface area (Å²) < 4.78 is 9.57. The van der Waals surface area contributed by atoms with Crippen LogP contribution in [0.2, 0.25) is 0 Å². The number of rotatable bonds is 10. The van der Waals surface area contributed by atoms with Crippen LogP contribution in [-0.2, 0) is 25.5 Å². The zero-order valence-corrected chi connectivity index (χ0v) is 35.0. The highest BCUT2D eigenvalue weighted by Crippen LogP contribution is 2.37. The normalized spacial score (nSPS) is 18.5. The number of pyridine rings is 1. The summed E-state index contributed by atoms with van der Waals surface area (Å²) in [6, 6.07) is 21.1. The molecule has 60 heavy (non-hydrogen) atoms. The van der Waals surface area contributed by atoms with Crippen molar-refractivity contribution in [2.75, 3.05) is 27.3 Å². The first-order valence-electron chi connectivity index (χ1n) is 20.8. The molecule has 3 aromatic carbocycles. The highest BCUT2D eigenvalue weighted by Gasteiger charge is 2.40. The molecule has 8 rings (SSSR count). The highest BCUT2D eigenvalue weighted by molar-refractivity contribution is 6.01. The zero-order valence-electron chi connectivity index (χ0n) is 35.0. The summed E-state index contributed by atoms with van der Waals surface area (Å²) in [6.45, 7) is 8.86. The molecule has 4 atom stereocenters. The molecule has 14 nitrogen and oxygen atoms in total. The molecule has 0 saturated carbocycles. The average molecular weight is 813 g/mol. The Bertz CT molecular complexity index is 2510. The number of nitrogens with one attached hydrogen (secondary N) is 3. The predicted molar refractivity (Wildman–Crippen MR) is 230 cm³/mol. The molecule has 2 aromatic heterocycles. The lowest BCUT2D eigenvalue weighted by Crippen LogP contribution is -2.53. The molecular weight excluding hydrogens is 761 g/mol. The number of fused-ring (bicyclic) bond motifs is 3. The Morgan fingerprint density at radius 3 is 1.97 bits per heavy atom. The van der Waals surface area contributed by atoms with E-state index in [0.29, 0.717) is 19.5 Å². The van der Waals surface area contributed by atoms with Crippen molar-refractivity contribution < 1.29 is 28.7 Å². The van der Waals surface area contributed by atoms with E-state index in [1.54, 1.807) is 0 Å². The van der Waals surface area contributed by atoms with Crippen LogP contribution in [0, 0.1) is 11.8 Å². The Morgan fingerprint density at radius 2 is 1.30 bits per heavy atom. The smallest absolute Gasteiger partial charge is 0.407 e. The minimum absolute atomic E-state index is 0.0923. The first kappa shape index (κ1) is 40.5. The summed E-state index contributed by atoms with van der Waals surface area (Å²) in [7, 11) is 2.59. The van der Waals surface area contributed by atoms with Gasteiger partial charge in [0.2, 0.25) is 11.8 Å². The number of alkyl carbamates (subject to hydrolysis) is 2. The molecule has 3 aliphatic rings. The first-order chi connectivity index (χ1) is 28.9. The number of likely N-dealkylation sites (tertiary alicyclic amines) is 2. The van der Waals surface area contributed by atoms with Crippen molar-refractivity contribution in [3.63, 3.8) is 0 Å². The van der Waals surface area contributed by atoms with Crippen molar-refractivity contribution >= 4 is 57.3 Å². The predicted octanol–water partition coefficient (Wildman–Crippen LogP) is 7.49. The molecule has 312 valence electrons. The van der Waals surface area contributed by atoms with E-state index in [4.69, 9.17) is 24.4 Å². The number of hydrogen-bond acceptors (Lipinski definition) is 9. The average Bonchev–Trinajstić information content (AvgIpc) is 4.08. The van der Waals surface area contributed by atoms with E-state index in [2.05, 4.69) is 64.1 Å². The van der Waals surface area contributed by atoms with Gasteiger partial charge in [-0.2, -0.15) is 0 Å². The van der Waals surface area contributed by atoms with E-state index in [0.717, 1.165) is 92.8 Å². The van der Waals surface area contributed by atoms with Crippen LogP contribution in [0.25, 0.3) is 44.3 Å². The van der Waals surface area contributed by atoms with Crippen molar-refractivity contribution in [2.24, 2.45) is 16.8 Å². The summed E-state index contributed by atoms with van der Waals surface area (Å²) in [4.78, 5) is 73.5. The van der Waals surface area contributed by atoms with Gasteiger partial charge in [0.15, 0.2) is 0 Å². The van der Waals surface area contributed by atoms with Crippen molar-refractivity contribution in [3.8, 4) is 22.4 Å². The number of aromatic nitrogens is 3. The molecular formula is C46H52N8O6. The van der Waals surface area contributed by atoms with E-state index in [1.807, 2.05) is 55.7 Å². The number of aromatic amines is 1. The van der Waals surface area contributed by atoms with Gasteiger partial charge in [-0.05, 0) is 96.7 Å². The standard InChI is InChI=1S/C46H52N8O6/c1-25(2)40(51-45(57)59-5)43(55)53-19-7-9-38(53)37-24-31-22-28(12-16-34(31)48-37)27-11-15-32-29(21-27)13-17-33(47-32)30-14-18-35-36(23-30)50-42(49-35)39-10-8-20-54(39)44(56)41(26(3)4)52-46(58)60-6/h11-18,21-23,25-26,38-41H,7-10,19-20,24H2,1-6H3,(H,49,50)(H,51,57)(H,52,58)/t38-,39-,40-,41-/m0/s1. The van der Waals surface area contributed by atoms with Gasteiger partial charge < -0.3 is 34.9 Å². The highest BCUT2D eigenvalue weighted by atomic mass is 16.5. The van der Waals surface area contributed by atoms with Gasteiger partial charge >= 0.3 is 12.2 Å². The lowest BCUT2D eigenvalue weighted by molar-refractivity contribution is -0.135. The largest absolute Gasteiger partial charge is 0.453 e. The van der Waals surface area contributed by atoms with Gasteiger partial charge in [0, 0.05) is 36.2 Å². The number of nitrogens with zero attached hydrogens (tertiary/aromatic N) is 5. The zero-order chi connectivity index (χ0) is 42.2. The lowest BCUT2D eigenvalue weighted by Gasteiger charge is -2.30. The maximum absolute atomic E-state index is 13.7. The van der Waals surface area contributed by atoms with Crippen LogP contribution in [0.3, 0.4) is 0 Å². The van der Waals surface area contributed by atoms with Gasteiger partial charge in [-0.3, -0.25) is 14.6 Å². The second kappa shape index (κ2) is 16.7. The molecule has 0 aliphatic carbocycles. The van der Waals surface area contributed by atoms with Crippen LogP contribution < -0.4 is 10.6 Å². The van der Waals surface area contributed by atoms with Crippen LogP contribution in [0.5, 0.6) is 0 Å². The van der Waals surface area contributed by atoms with Crippen LogP contribution in [0.4, 0.5) is 15.3 Å². The fraction of sp³-hybridized carbons (Fsp3) is 0.413. The number of carbonyl (C=O) groups excluding carboxylic acids is 4. The molecule has 5 heterocycles. The maximum atomic E-state index is 13.7. The number of imidazole rings is 1. The van der Waals surface area contributed by atoms with E-state index in [1.165, 1.54) is 14.2 Å². The minimum Gasteiger partial charge on any atom is -0.453 e. The van der Waals surface area contributed by atoms with Gasteiger partial charge in [0.1, 0.15) is 17.9 Å². The van der Waals surface area contributed by atoms with Gasteiger partial charge in [-0.15, -0.1) is 0 Å². The van der Waals surface area contributed by atoms with Crippen molar-refractivity contribution in [3.05, 3.63) is 78.1 Å². The summed E-state index contributed by atoms with van der Waals surface area (Å²) >= 11 is 0. The third-order valence-corrected chi connectivity index (χ3v) is 12.1. The van der Waals surface area contributed by atoms with Gasteiger partial charge in [-0.1, -0.05) is 52.0 Å². The number of benzene rings is 3. The molecule has 4 amide bonds. The number of hydrogen-bond donors (Lipinski definition) is 3. The summed E-state index contributed by atoms with van der Waals surface area (Å²) in [5.74, 6) is 0.275. The Morgan fingerprint density at radius 1 is 0.700 bits per heavy atom. The maximum Gasteiger partial charge on any atom is 0.407 e. The van der Waals surface area contributed by atoms with E-state index < -0.39 is 24.3 Å². The van der Waals surface area contributed by atoms with Crippen LogP contribution in [-0.4, -0.2) is 99.9 Å². The van der Waals surface area contributed by atoms with Crippen molar-refractivity contribution in [2.45, 2.75) is 84.0 Å². The van der Waals surface area contributed by atoms with Gasteiger partial charge in [-0.25, -0.2) is 19.6 Å². The SMILES string of the molecule is COC(=O)N[C@H](C(=O)N1CCC[C@H]1C1=Nc2ccc(-c3ccc4nc(-c5ccc6nc([C@@H]7CCCN7C(=O)[C@@H](NC(=O)OC)C(C)C)[nH]c6c5)ccc4c3)cc2C1)C(C)C. The van der Waals surface area contributed by atoms with Crippen LogP contribution >= 0.6 is 0 Å². The molecule has 3 aliphatic heterocycles. The summed E-state index contributed by atoms with van der Waals surface area (Å²) in [5, 5.41) is 6.46. The number of amides is 4. The Kier molecular flexibility index (Phi) is 11.3. The topological polar surface area (TPSA) is 171 Å². The third kappa shape index (κ3) is 7.90. The number of H-pyrrole nitrogens is 1. The molecule has 0 spiro atoms. The summed E-state index contributed by atoms with van der Waals surface area (Å²) in [5.41, 5.74) is 9.52. The Hall–Kier alpha value is -6.31. The number of carbonyl (C=O) groups is 4. The first-order valence-corrected chi connectivity index (χ1v) is 20.8. The fourth-order valence-corrected chi connectivity index (χ4v) is 8.86. The third-order valence-electron chi connectivity index (χ3n) is 12.1. The molecule has 0 bridgehead atoms. The molecule has 2 fully saturated rings. The second-order valence-corrected chi connectivity index (χ2v) is 16.7. The molecule has 0 unspecified atom stereocenters. The lowest BCUT2D eigenvalue weighted by atomic mass is 9.97. The number of ether oxygens (including phenoxy) is 2. The monoisotopic (exact) mass is 812 g/mol. The second-order valence-electron chi connectivity index (χ2n) is 16.7. The quantitative estimate of drug-likeness (QED) is 0.130. The van der Waals surface area contributed by atoms with E-state index in [-0.39, 0.29) is 35.7 Å². The Labute approximate surface area is 349 Å². The molecule has 2 saturated heterocycles. The molecule has 0 radical (unpaired) electrons. The van der Waals surface area contributed by atoms with Crippen LogP contribution in [0.15, 0.2) is 71.7 Å². The minimum atomic E-state index is -0.697. The summed E-state index contributed by atoms with van der Waals surface area (Å²) in [6.07, 6.45) is 2.76. The number of methoxy groups -OCH3 is 2. The van der Waals surface area contributed by atoms with E-state index in [9.17, 15) is 19.2 Å². The van der Waals surface area contributed by atoms with Crippen molar-refractivity contribution in [1.29, 1.82) is 0 Å². The molecule has 5 aromatic rings. The van der Waals surface area contributed by atoms with Crippen LogP contribution in [0.1, 0.15) is 70.8 Å². The molecule has 3 N–H and O–H groups in total. The van der Waals surface area contributed by atoms with E-state index >= 15 is 0 Å².